The van der Waals surface area contributed by atoms with Gasteiger partial charge in [-0.25, -0.2) is 19.9 Å². The van der Waals surface area contributed by atoms with Gasteiger partial charge in [0.25, 0.3) is 0 Å². The molecule has 0 aliphatic carbocycles. The largest absolute Gasteiger partial charge is 0.506 e. The molecule has 0 saturated carbocycles. The van der Waals surface area contributed by atoms with Crippen molar-refractivity contribution >= 4 is 34.5 Å². The van der Waals surface area contributed by atoms with Crippen molar-refractivity contribution in [3.05, 3.63) is 52.9 Å². The van der Waals surface area contributed by atoms with Crippen LogP contribution in [0.2, 0.25) is 5.15 Å². The Morgan fingerprint density at radius 2 is 2.14 bits per heavy atom. The number of ether oxygens (including phenoxy) is 2. The monoisotopic (exact) mass is 395 g/mol. The summed E-state index contributed by atoms with van der Waals surface area (Å²) in [7, 11) is 1.50. The Kier molecular flexibility index (Phi) is 4.59. The van der Waals surface area contributed by atoms with Crippen molar-refractivity contribution in [1.29, 1.82) is 0 Å². The van der Waals surface area contributed by atoms with Gasteiger partial charge in [-0.3, -0.25) is 4.57 Å². The average molecular weight is 396 g/mol. The lowest BCUT2D eigenvalue weighted by Crippen LogP contribution is -2.07. The number of benzene rings is 1. The molecule has 3 heterocycles. The number of nitrogens with zero attached hydrogens (tertiary/aromatic N) is 5. The average Bonchev–Trinajstić information content (AvgIpc) is 3.06. The van der Waals surface area contributed by atoms with Gasteiger partial charge in [-0.15, -0.1) is 0 Å². The van der Waals surface area contributed by atoms with Crippen molar-refractivity contribution in [2.45, 2.75) is 6.92 Å². The summed E-state index contributed by atoms with van der Waals surface area (Å²) in [6, 6.07) is 4.91. The molecule has 3 aromatic rings. The van der Waals surface area contributed by atoms with E-state index in [4.69, 9.17) is 21.1 Å². The van der Waals surface area contributed by atoms with Crippen LogP contribution in [-0.2, 0) is 4.74 Å². The van der Waals surface area contributed by atoms with Crippen LogP contribution in [0.15, 0.2) is 46.9 Å². The number of hydrogen-bond donors (Lipinski definition) is 1. The van der Waals surface area contributed by atoms with Crippen LogP contribution in [0.25, 0.3) is 22.7 Å². The highest BCUT2D eigenvalue weighted by Crippen LogP contribution is 2.36. The van der Waals surface area contributed by atoms with Gasteiger partial charge in [-0.1, -0.05) is 23.4 Å². The second kappa shape index (κ2) is 7.21. The number of aromatic hydroxyl groups is 1. The number of para-hydroxylation sites is 1. The molecule has 0 saturated heterocycles. The van der Waals surface area contributed by atoms with Gasteiger partial charge >= 0.3 is 0 Å². The number of aliphatic imine (C=N–C) groups is 1. The predicted molar refractivity (Wildman–Crippen MR) is 104 cm³/mol. The van der Waals surface area contributed by atoms with Gasteiger partial charge in [-0.05, 0) is 24.8 Å². The van der Waals surface area contributed by atoms with Crippen LogP contribution in [0.4, 0.5) is 0 Å². The van der Waals surface area contributed by atoms with Gasteiger partial charge in [0.1, 0.15) is 22.3 Å². The van der Waals surface area contributed by atoms with Gasteiger partial charge in [0.2, 0.25) is 5.90 Å². The normalized spacial score (nSPS) is 12.8. The number of rotatable bonds is 4. The Hall–Kier alpha value is -3.57. The maximum atomic E-state index is 10.6. The smallest absolute Gasteiger partial charge is 0.223 e. The molecule has 140 valence electrons. The molecule has 0 atom stereocenters. The molecule has 1 aromatic carbocycles. The lowest BCUT2D eigenvalue weighted by Gasteiger charge is -2.14. The number of imidazole rings is 1. The van der Waals surface area contributed by atoms with E-state index < -0.39 is 0 Å². The van der Waals surface area contributed by atoms with E-state index in [1.54, 1.807) is 22.8 Å². The molecule has 1 aliphatic heterocycles. The summed E-state index contributed by atoms with van der Waals surface area (Å²) >= 11 is 6.06. The first-order valence-corrected chi connectivity index (χ1v) is 8.71. The molecule has 28 heavy (non-hydrogen) atoms. The minimum Gasteiger partial charge on any atom is -0.506 e. The second-order valence-corrected chi connectivity index (χ2v) is 5.97. The standard InChI is InChI=1S/C19H14ClN5O3/c1-3-28-15-9-4-6-11(22-15)18-24-17-19(23-14(20)10-21-17)25(18)16-12(26)7-5-8-13(16)27-2/h5,7-10,26H,3H2,1-2H3. The third-order valence-corrected chi connectivity index (χ3v) is 4.06. The quantitative estimate of drug-likeness (QED) is 0.681. The highest BCUT2D eigenvalue weighted by atomic mass is 35.5. The van der Waals surface area contributed by atoms with Gasteiger partial charge in [0.05, 0.1) is 26.0 Å². The Balaban J connectivity index is 2.06. The number of aromatic nitrogens is 4. The highest BCUT2D eigenvalue weighted by molar-refractivity contribution is 6.29. The van der Waals surface area contributed by atoms with Crippen LogP contribution < -0.4 is 4.74 Å². The molecular formula is C19H14ClN5O3. The lowest BCUT2D eigenvalue weighted by atomic mass is 10.2. The number of phenols is 1. The van der Waals surface area contributed by atoms with Crippen molar-refractivity contribution in [1.82, 2.24) is 19.5 Å². The van der Waals surface area contributed by atoms with Gasteiger partial charge in [0.15, 0.2) is 22.8 Å². The van der Waals surface area contributed by atoms with E-state index >= 15 is 0 Å². The minimum atomic E-state index is -0.0355. The fourth-order valence-electron chi connectivity index (χ4n) is 2.77. The lowest BCUT2D eigenvalue weighted by molar-refractivity contribution is 0.330. The molecule has 2 aromatic heterocycles. The van der Waals surface area contributed by atoms with Crippen LogP contribution >= 0.6 is 11.6 Å². The minimum absolute atomic E-state index is 0.0355. The summed E-state index contributed by atoms with van der Waals surface area (Å²) in [6.45, 7) is 2.31. The summed E-state index contributed by atoms with van der Waals surface area (Å²) in [4.78, 5) is 17.5. The summed E-state index contributed by atoms with van der Waals surface area (Å²) in [5.74, 6) is 1.08. The second-order valence-electron chi connectivity index (χ2n) is 5.58. The topological polar surface area (TPSA) is 94.7 Å². The van der Waals surface area contributed by atoms with E-state index in [1.165, 1.54) is 19.4 Å². The van der Waals surface area contributed by atoms with E-state index in [2.05, 4.69) is 31.4 Å². The van der Waals surface area contributed by atoms with Crippen LogP contribution in [-0.4, -0.2) is 44.2 Å². The maximum Gasteiger partial charge on any atom is 0.223 e. The molecule has 9 heteroatoms. The van der Waals surface area contributed by atoms with Crippen molar-refractivity contribution in [2.24, 2.45) is 4.99 Å². The molecular weight excluding hydrogens is 382 g/mol. The van der Waals surface area contributed by atoms with Crippen molar-refractivity contribution < 1.29 is 14.6 Å². The van der Waals surface area contributed by atoms with Gasteiger partial charge < -0.3 is 14.6 Å². The van der Waals surface area contributed by atoms with E-state index in [9.17, 15) is 5.11 Å². The number of phenolic OH excluding ortho intramolecular Hbond substituents is 1. The first-order chi connectivity index (χ1) is 13.6. The number of methoxy groups -OCH3 is 1. The molecule has 0 bridgehead atoms. The molecule has 0 fully saturated rings. The maximum absolute atomic E-state index is 10.6. The Labute approximate surface area is 164 Å². The zero-order valence-corrected chi connectivity index (χ0v) is 15.7. The van der Waals surface area contributed by atoms with Crippen LogP contribution in [0.1, 0.15) is 12.7 Å². The van der Waals surface area contributed by atoms with Crippen LogP contribution in [0.5, 0.6) is 11.5 Å². The summed E-state index contributed by atoms with van der Waals surface area (Å²) in [5, 5.41) is 10.7. The zero-order valence-electron chi connectivity index (χ0n) is 15.0. The molecule has 0 radical (unpaired) electrons. The van der Waals surface area contributed by atoms with Crippen LogP contribution in [0, 0.1) is 0 Å². The highest BCUT2D eigenvalue weighted by Gasteiger charge is 2.24. The SMILES string of the molecule is CCOC1=NC(c2nc3ncc(Cl)nc3n2-c2c(O)cccc2OC)=C=C=C1. The number of halogens is 1. The van der Waals surface area contributed by atoms with E-state index in [-0.39, 0.29) is 10.9 Å². The first kappa shape index (κ1) is 17.8. The van der Waals surface area contributed by atoms with Crippen molar-refractivity contribution in [2.75, 3.05) is 13.7 Å². The fourth-order valence-corrected chi connectivity index (χ4v) is 2.90. The Morgan fingerprint density at radius 1 is 1.29 bits per heavy atom. The van der Waals surface area contributed by atoms with E-state index in [1.807, 2.05) is 6.92 Å². The summed E-state index contributed by atoms with van der Waals surface area (Å²) in [6.07, 6.45) is 2.97. The van der Waals surface area contributed by atoms with Crippen molar-refractivity contribution in [3.63, 3.8) is 0 Å². The molecule has 1 N–H and O–H groups in total. The van der Waals surface area contributed by atoms with Gasteiger partial charge in [-0.2, -0.15) is 0 Å². The molecule has 0 unspecified atom stereocenters. The number of fused-ring (bicyclic) bond motifs is 1. The van der Waals surface area contributed by atoms with E-state index in [0.29, 0.717) is 46.8 Å². The summed E-state index contributed by atoms with van der Waals surface area (Å²) < 4.78 is 12.5. The summed E-state index contributed by atoms with van der Waals surface area (Å²) in [5.41, 5.74) is 7.10. The van der Waals surface area contributed by atoms with E-state index in [0.717, 1.165) is 0 Å². The molecule has 8 nitrogen and oxygen atoms in total. The zero-order chi connectivity index (χ0) is 19.7. The molecule has 0 spiro atoms. The number of hydrogen-bond acceptors (Lipinski definition) is 7. The molecule has 4 rings (SSSR count). The van der Waals surface area contributed by atoms with Crippen LogP contribution in [0.3, 0.4) is 0 Å². The fraction of sp³-hybridized carbons (Fsp3) is 0.158. The molecule has 0 amide bonds. The predicted octanol–water partition coefficient (Wildman–Crippen LogP) is 3.28. The Bertz CT molecular complexity index is 1220. The van der Waals surface area contributed by atoms with Crippen molar-refractivity contribution in [3.8, 4) is 17.2 Å². The third-order valence-electron chi connectivity index (χ3n) is 3.87. The third kappa shape index (κ3) is 3.02. The molecule has 1 aliphatic rings. The first-order valence-electron chi connectivity index (χ1n) is 8.33. The Morgan fingerprint density at radius 3 is 2.93 bits per heavy atom. The van der Waals surface area contributed by atoms with Gasteiger partial charge in [0, 0.05) is 0 Å².